The number of hydrogen-bond donors (Lipinski definition) is 0. The highest BCUT2D eigenvalue weighted by Crippen LogP contribution is 2.41. The van der Waals surface area contributed by atoms with Gasteiger partial charge in [0.25, 0.3) is 0 Å². The molecule has 0 aliphatic carbocycles. The van der Waals surface area contributed by atoms with Gasteiger partial charge in [-0.3, -0.25) is 0 Å². The molecule has 10 aromatic rings. The van der Waals surface area contributed by atoms with Crippen molar-refractivity contribution in [2.45, 2.75) is 0 Å². The number of hydrogen-bond acceptors (Lipinski definition) is 4. The predicted octanol–water partition coefficient (Wildman–Crippen LogP) is 12.4. The Morgan fingerprint density at radius 1 is 0.314 bits per heavy atom. The highest BCUT2D eigenvalue weighted by Gasteiger charge is 2.21. The van der Waals surface area contributed by atoms with Crippen LogP contribution in [0.15, 0.2) is 180 Å². The van der Waals surface area contributed by atoms with Crippen molar-refractivity contribution in [2.75, 3.05) is 0 Å². The molecule has 10 rings (SSSR count). The molecular formula is C47H29N3O. The first-order valence-corrected chi connectivity index (χ1v) is 17.1. The van der Waals surface area contributed by atoms with Crippen LogP contribution >= 0.6 is 0 Å². The molecule has 0 aliphatic heterocycles. The lowest BCUT2D eigenvalue weighted by molar-refractivity contribution is 0.669. The fourth-order valence-electron chi connectivity index (χ4n) is 7.27. The van der Waals surface area contributed by atoms with Gasteiger partial charge in [-0.2, -0.15) is 0 Å². The second-order valence-electron chi connectivity index (χ2n) is 12.8. The molecule has 51 heavy (non-hydrogen) atoms. The van der Waals surface area contributed by atoms with E-state index < -0.39 is 0 Å². The van der Waals surface area contributed by atoms with Gasteiger partial charge in [0.05, 0.1) is 0 Å². The van der Waals surface area contributed by atoms with E-state index in [1.54, 1.807) is 0 Å². The second kappa shape index (κ2) is 11.9. The molecule has 8 aromatic carbocycles. The van der Waals surface area contributed by atoms with Crippen LogP contribution in [0.25, 0.3) is 99.9 Å². The molecule has 0 saturated carbocycles. The molecule has 238 valence electrons. The Morgan fingerprint density at radius 3 is 1.69 bits per heavy atom. The van der Waals surface area contributed by atoms with Crippen LogP contribution in [0, 0.1) is 0 Å². The lowest BCUT2D eigenvalue weighted by Gasteiger charge is -2.14. The van der Waals surface area contributed by atoms with E-state index in [0.29, 0.717) is 17.5 Å². The summed E-state index contributed by atoms with van der Waals surface area (Å²) in [6, 6.07) is 61.0. The largest absolute Gasteiger partial charge is 0.456 e. The summed E-state index contributed by atoms with van der Waals surface area (Å²) < 4.78 is 6.50. The van der Waals surface area contributed by atoms with Gasteiger partial charge in [-0.15, -0.1) is 0 Å². The Labute approximate surface area is 294 Å². The van der Waals surface area contributed by atoms with Crippen molar-refractivity contribution < 1.29 is 4.42 Å². The Balaban J connectivity index is 1.27. The molecule has 2 heterocycles. The summed E-state index contributed by atoms with van der Waals surface area (Å²) in [4.78, 5) is 15.8. The Hall–Kier alpha value is -6.91. The van der Waals surface area contributed by atoms with Gasteiger partial charge in [-0.25, -0.2) is 15.0 Å². The molecule has 0 unspecified atom stereocenters. The van der Waals surface area contributed by atoms with Gasteiger partial charge < -0.3 is 4.42 Å². The molecule has 0 bridgehead atoms. The smallest absolute Gasteiger partial charge is 0.164 e. The number of nitrogens with zero attached hydrogens (tertiary/aromatic N) is 3. The summed E-state index contributed by atoms with van der Waals surface area (Å²) in [5, 5.41) is 6.53. The zero-order valence-electron chi connectivity index (χ0n) is 27.5. The molecule has 4 heteroatoms. The summed E-state index contributed by atoms with van der Waals surface area (Å²) in [5.74, 6) is 1.82. The summed E-state index contributed by atoms with van der Waals surface area (Å²) in [7, 11) is 0. The Bertz CT molecular complexity index is 2910. The van der Waals surface area contributed by atoms with E-state index >= 15 is 0 Å². The van der Waals surface area contributed by atoms with Crippen LogP contribution in [0.2, 0.25) is 0 Å². The average molecular weight is 652 g/mol. The number of furan rings is 1. The fourth-order valence-corrected chi connectivity index (χ4v) is 7.27. The van der Waals surface area contributed by atoms with E-state index in [9.17, 15) is 0 Å². The normalized spacial score (nSPS) is 11.5. The zero-order valence-corrected chi connectivity index (χ0v) is 27.5. The third-order valence-corrected chi connectivity index (χ3v) is 9.72. The number of fused-ring (bicyclic) bond motifs is 5. The van der Waals surface area contributed by atoms with Gasteiger partial charge in [0.15, 0.2) is 17.5 Å². The van der Waals surface area contributed by atoms with Crippen LogP contribution in [0.5, 0.6) is 0 Å². The van der Waals surface area contributed by atoms with Crippen LogP contribution in [-0.2, 0) is 0 Å². The molecule has 0 aliphatic rings. The lowest BCUT2D eigenvalue weighted by Crippen LogP contribution is -2.01. The molecule has 0 spiro atoms. The van der Waals surface area contributed by atoms with Crippen LogP contribution in [-0.4, -0.2) is 15.0 Å². The summed E-state index contributed by atoms with van der Waals surface area (Å²) in [5.41, 5.74) is 8.84. The number of para-hydroxylation sites is 1. The van der Waals surface area contributed by atoms with Crippen LogP contribution < -0.4 is 0 Å². The van der Waals surface area contributed by atoms with Crippen molar-refractivity contribution in [3.05, 3.63) is 176 Å². The molecular weight excluding hydrogens is 623 g/mol. The fraction of sp³-hybridized carbons (Fsp3) is 0. The van der Waals surface area contributed by atoms with Crippen molar-refractivity contribution in [1.82, 2.24) is 15.0 Å². The first kappa shape index (κ1) is 29.0. The first-order chi connectivity index (χ1) is 25.3. The minimum Gasteiger partial charge on any atom is -0.456 e. The Morgan fingerprint density at radius 2 is 0.902 bits per heavy atom. The molecule has 2 aromatic heterocycles. The van der Waals surface area contributed by atoms with Gasteiger partial charge in [0.2, 0.25) is 0 Å². The third-order valence-electron chi connectivity index (χ3n) is 9.72. The van der Waals surface area contributed by atoms with Gasteiger partial charge in [-0.05, 0) is 74.1 Å². The van der Waals surface area contributed by atoms with E-state index in [2.05, 4.69) is 146 Å². The quantitative estimate of drug-likeness (QED) is 0.186. The number of benzene rings is 8. The van der Waals surface area contributed by atoms with Gasteiger partial charge in [0.1, 0.15) is 11.2 Å². The lowest BCUT2D eigenvalue weighted by atomic mass is 9.94. The van der Waals surface area contributed by atoms with E-state index in [-0.39, 0.29) is 0 Å². The second-order valence-corrected chi connectivity index (χ2v) is 12.8. The topological polar surface area (TPSA) is 51.8 Å². The molecule has 0 saturated heterocycles. The third kappa shape index (κ3) is 5.04. The SMILES string of the molecule is c1ccc(-c2cc(-c3nc(-c4ccc5ccccc5c4)nc(-c4ccc(-c5ccccc5)c5ccccc45)n3)c3c(c2)oc2ccccc23)cc1. The highest BCUT2D eigenvalue weighted by molar-refractivity contribution is 6.13. The summed E-state index contributed by atoms with van der Waals surface area (Å²) in [6.45, 7) is 0. The van der Waals surface area contributed by atoms with E-state index in [4.69, 9.17) is 19.4 Å². The van der Waals surface area contributed by atoms with Gasteiger partial charge >= 0.3 is 0 Å². The molecule has 4 nitrogen and oxygen atoms in total. The predicted molar refractivity (Wildman–Crippen MR) is 209 cm³/mol. The van der Waals surface area contributed by atoms with Crippen LogP contribution in [0.4, 0.5) is 0 Å². The van der Waals surface area contributed by atoms with Gasteiger partial charge in [0, 0.05) is 27.5 Å². The maximum absolute atomic E-state index is 6.50. The highest BCUT2D eigenvalue weighted by atomic mass is 16.3. The van der Waals surface area contributed by atoms with Crippen molar-refractivity contribution in [2.24, 2.45) is 0 Å². The Kier molecular flexibility index (Phi) is 6.78. The van der Waals surface area contributed by atoms with E-state index in [1.165, 1.54) is 16.5 Å². The van der Waals surface area contributed by atoms with Crippen LogP contribution in [0.1, 0.15) is 0 Å². The van der Waals surface area contributed by atoms with E-state index in [1.807, 2.05) is 30.3 Å². The molecule has 0 radical (unpaired) electrons. The summed E-state index contributed by atoms with van der Waals surface area (Å²) >= 11 is 0. The minimum absolute atomic E-state index is 0.591. The monoisotopic (exact) mass is 651 g/mol. The standard InChI is InChI=1S/C47H29N3O/c1-3-13-30(14-4-1)35-28-41(44-40-21-11-12-22-42(40)51-43(44)29-35)47-49-45(34-24-23-31-15-7-8-18-33(31)27-34)48-46(50-47)39-26-25-36(32-16-5-2-6-17-32)37-19-9-10-20-38(37)39/h1-29H. The number of rotatable bonds is 5. The molecule has 0 amide bonds. The van der Waals surface area contributed by atoms with Gasteiger partial charge in [-0.1, -0.05) is 146 Å². The van der Waals surface area contributed by atoms with Crippen molar-refractivity contribution in [1.29, 1.82) is 0 Å². The van der Waals surface area contributed by atoms with Crippen molar-refractivity contribution in [3.8, 4) is 56.4 Å². The maximum atomic E-state index is 6.50. The molecule has 0 atom stereocenters. The van der Waals surface area contributed by atoms with Crippen molar-refractivity contribution in [3.63, 3.8) is 0 Å². The molecule has 0 N–H and O–H groups in total. The first-order valence-electron chi connectivity index (χ1n) is 17.1. The number of aromatic nitrogens is 3. The maximum Gasteiger partial charge on any atom is 0.164 e. The molecule has 0 fully saturated rings. The average Bonchev–Trinajstić information content (AvgIpc) is 3.59. The van der Waals surface area contributed by atoms with Crippen molar-refractivity contribution >= 4 is 43.5 Å². The minimum atomic E-state index is 0.591. The van der Waals surface area contributed by atoms with Crippen LogP contribution in [0.3, 0.4) is 0 Å². The zero-order chi connectivity index (χ0) is 33.7. The summed E-state index contributed by atoms with van der Waals surface area (Å²) in [6.07, 6.45) is 0. The van der Waals surface area contributed by atoms with E-state index in [0.717, 1.165) is 65.9 Å².